The van der Waals surface area contributed by atoms with E-state index in [1.165, 1.54) is 7.11 Å². The summed E-state index contributed by atoms with van der Waals surface area (Å²) in [5, 5.41) is 2.52. The van der Waals surface area contributed by atoms with E-state index in [4.69, 9.17) is 9.15 Å². The third kappa shape index (κ3) is 3.48. The second-order valence-corrected chi connectivity index (χ2v) is 4.68. The summed E-state index contributed by atoms with van der Waals surface area (Å²) in [5.41, 5.74) is -0.333. The molecule has 1 aromatic carbocycles. The molecule has 118 valence electrons. The zero-order chi connectivity index (χ0) is 16.3. The van der Waals surface area contributed by atoms with E-state index in [-0.39, 0.29) is 12.2 Å². The number of amides is 1. The molecule has 0 aliphatic carbocycles. The highest BCUT2D eigenvalue weighted by atomic mass is 19.2. The first kappa shape index (κ1) is 16.1. The summed E-state index contributed by atoms with van der Waals surface area (Å²) >= 11 is 0. The lowest BCUT2D eigenvalue weighted by atomic mass is 10.1. The first-order chi connectivity index (χ1) is 10.4. The fourth-order valence-electron chi connectivity index (χ4n) is 1.93. The number of carbonyl (C=O) groups excluding carboxylic acids is 1. The highest BCUT2D eigenvalue weighted by Gasteiger charge is 2.21. The number of hydrogen-bond donors (Lipinski definition) is 1. The van der Waals surface area contributed by atoms with Gasteiger partial charge in [0.25, 0.3) is 5.91 Å². The Hall–Kier alpha value is -2.28. The van der Waals surface area contributed by atoms with Gasteiger partial charge in [-0.2, -0.15) is 0 Å². The molecule has 1 unspecified atom stereocenters. The standard InChI is InChI=1S/C15H14F3NO3/c1-8-3-4-13(22-8)12(7-21-2)19-15(20)9-5-10(16)14(18)11(17)6-9/h3-6,12H,7H2,1-2H3,(H,19,20). The minimum Gasteiger partial charge on any atom is -0.464 e. The maximum atomic E-state index is 13.2. The van der Waals surface area contributed by atoms with E-state index in [2.05, 4.69) is 5.32 Å². The number of furan rings is 1. The third-order valence-electron chi connectivity index (χ3n) is 2.99. The molecule has 2 aromatic rings. The predicted octanol–water partition coefficient (Wildman–Crippen LogP) is 3.12. The van der Waals surface area contributed by atoms with Gasteiger partial charge in [0.1, 0.15) is 17.6 Å². The molecule has 1 heterocycles. The number of aryl methyl sites for hydroxylation is 1. The van der Waals surface area contributed by atoms with Gasteiger partial charge in [0.2, 0.25) is 0 Å². The summed E-state index contributed by atoms with van der Waals surface area (Å²) in [6.45, 7) is 1.84. The lowest BCUT2D eigenvalue weighted by Crippen LogP contribution is -2.31. The molecule has 0 radical (unpaired) electrons. The van der Waals surface area contributed by atoms with Crippen molar-refractivity contribution in [3.8, 4) is 0 Å². The van der Waals surface area contributed by atoms with Gasteiger partial charge in [-0.05, 0) is 31.2 Å². The van der Waals surface area contributed by atoms with Crippen molar-refractivity contribution >= 4 is 5.91 Å². The molecule has 2 rings (SSSR count). The largest absolute Gasteiger partial charge is 0.464 e. The normalized spacial score (nSPS) is 12.2. The summed E-state index contributed by atoms with van der Waals surface area (Å²) in [6.07, 6.45) is 0. The molecule has 0 saturated heterocycles. The van der Waals surface area contributed by atoms with Gasteiger partial charge in [0, 0.05) is 12.7 Å². The van der Waals surface area contributed by atoms with Crippen LogP contribution in [-0.2, 0) is 4.74 Å². The van der Waals surface area contributed by atoms with Gasteiger partial charge < -0.3 is 14.5 Å². The lowest BCUT2D eigenvalue weighted by molar-refractivity contribution is 0.0881. The van der Waals surface area contributed by atoms with E-state index in [9.17, 15) is 18.0 Å². The van der Waals surface area contributed by atoms with Crippen LogP contribution in [0.15, 0.2) is 28.7 Å². The van der Waals surface area contributed by atoms with Crippen LogP contribution in [0, 0.1) is 24.4 Å². The fraction of sp³-hybridized carbons (Fsp3) is 0.267. The number of methoxy groups -OCH3 is 1. The number of rotatable bonds is 5. The Balaban J connectivity index is 2.21. The minimum atomic E-state index is -1.62. The van der Waals surface area contributed by atoms with Crippen LogP contribution in [0.2, 0.25) is 0 Å². The molecule has 0 spiro atoms. The van der Waals surface area contributed by atoms with Crippen LogP contribution < -0.4 is 5.32 Å². The van der Waals surface area contributed by atoms with E-state index in [0.717, 1.165) is 0 Å². The Morgan fingerprint density at radius 3 is 2.41 bits per heavy atom. The SMILES string of the molecule is COCC(NC(=O)c1cc(F)c(F)c(F)c1)c1ccc(C)o1. The Morgan fingerprint density at radius 2 is 1.91 bits per heavy atom. The van der Waals surface area contributed by atoms with Crippen LogP contribution in [0.25, 0.3) is 0 Å². The summed E-state index contributed by atoms with van der Waals surface area (Å²) < 4.78 is 49.6. The average Bonchev–Trinajstić information content (AvgIpc) is 2.90. The molecular weight excluding hydrogens is 299 g/mol. The highest BCUT2D eigenvalue weighted by molar-refractivity contribution is 5.94. The zero-order valence-corrected chi connectivity index (χ0v) is 12.0. The molecule has 4 nitrogen and oxygen atoms in total. The summed E-state index contributed by atoms with van der Waals surface area (Å²) in [7, 11) is 1.44. The molecule has 0 aliphatic rings. The molecule has 0 saturated carbocycles. The summed E-state index contributed by atoms with van der Waals surface area (Å²) in [5.74, 6) is -4.16. The van der Waals surface area contributed by atoms with E-state index in [1.54, 1.807) is 19.1 Å². The van der Waals surface area contributed by atoms with Crippen molar-refractivity contribution in [1.29, 1.82) is 0 Å². The molecule has 22 heavy (non-hydrogen) atoms. The molecule has 0 bridgehead atoms. The van der Waals surface area contributed by atoms with E-state index in [0.29, 0.717) is 23.7 Å². The van der Waals surface area contributed by atoms with Crippen molar-refractivity contribution in [3.63, 3.8) is 0 Å². The number of nitrogens with one attached hydrogen (secondary N) is 1. The Morgan fingerprint density at radius 1 is 1.27 bits per heavy atom. The molecule has 0 aliphatic heterocycles. The van der Waals surface area contributed by atoms with Gasteiger partial charge >= 0.3 is 0 Å². The van der Waals surface area contributed by atoms with Gasteiger partial charge in [-0.3, -0.25) is 4.79 Å². The first-order valence-corrected chi connectivity index (χ1v) is 6.43. The van der Waals surface area contributed by atoms with Gasteiger partial charge in [-0.25, -0.2) is 13.2 Å². The van der Waals surface area contributed by atoms with Crippen molar-refractivity contribution in [2.45, 2.75) is 13.0 Å². The topological polar surface area (TPSA) is 51.5 Å². The van der Waals surface area contributed by atoms with Crippen molar-refractivity contribution < 1.29 is 27.1 Å². The maximum Gasteiger partial charge on any atom is 0.252 e. The third-order valence-corrected chi connectivity index (χ3v) is 2.99. The first-order valence-electron chi connectivity index (χ1n) is 6.43. The van der Waals surface area contributed by atoms with E-state index < -0.39 is 29.4 Å². The van der Waals surface area contributed by atoms with Crippen LogP contribution in [-0.4, -0.2) is 19.6 Å². The van der Waals surface area contributed by atoms with E-state index in [1.807, 2.05) is 0 Å². The second-order valence-electron chi connectivity index (χ2n) is 4.68. The maximum absolute atomic E-state index is 13.2. The molecule has 7 heteroatoms. The predicted molar refractivity (Wildman–Crippen MR) is 71.8 cm³/mol. The van der Waals surface area contributed by atoms with Crippen molar-refractivity contribution in [3.05, 3.63) is 58.8 Å². The minimum absolute atomic E-state index is 0.102. The van der Waals surface area contributed by atoms with E-state index >= 15 is 0 Å². The Kier molecular flexibility index (Phi) is 4.87. The Bertz CT molecular complexity index is 661. The monoisotopic (exact) mass is 313 g/mol. The molecule has 0 fully saturated rings. The number of carbonyl (C=O) groups is 1. The number of hydrogen-bond acceptors (Lipinski definition) is 3. The van der Waals surface area contributed by atoms with Crippen LogP contribution in [0.1, 0.15) is 27.9 Å². The average molecular weight is 313 g/mol. The molecule has 1 N–H and O–H groups in total. The molecule has 1 aromatic heterocycles. The fourth-order valence-corrected chi connectivity index (χ4v) is 1.93. The number of ether oxygens (including phenoxy) is 1. The van der Waals surface area contributed by atoms with Crippen LogP contribution in [0.4, 0.5) is 13.2 Å². The van der Waals surface area contributed by atoms with Gasteiger partial charge in [0.05, 0.1) is 6.61 Å². The van der Waals surface area contributed by atoms with Crippen molar-refractivity contribution in [1.82, 2.24) is 5.32 Å². The van der Waals surface area contributed by atoms with Crippen LogP contribution in [0.3, 0.4) is 0 Å². The second kappa shape index (κ2) is 6.65. The smallest absolute Gasteiger partial charge is 0.252 e. The summed E-state index contributed by atoms with van der Waals surface area (Å²) in [6, 6.07) is 3.99. The Labute approximate surface area is 124 Å². The number of benzene rings is 1. The summed E-state index contributed by atoms with van der Waals surface area (Å²) in [4.78, 5) is 12.1. The van der Waals surface area contributed by atoms with Crippen molar-refractivity contribution in [2.75, 3.05) is 13.7 Å². The quantitative estimate of drug-likeness (QED) is 0.863. The zero-order valence-electron chi connectivity index (χ0n) is 12.0. The highest BCUT2D eigenvalue weighted by Crippen LogP contribution is 2.19. The molecule has 1 amide bonds. The van der Waals surface area contributed by atoms with Crippen LogP contribution in [0.5, 0.6) is 0 Å². The number of halogens is 3. The van der Waals surface area contributed by atoms with Crippen molar-refractivity contribution in [2.24, 2.45) is 0 Å². The van der Waals surface area contributed by atoms with Gasteiger partial charge in [-0.1, -0.05) is 0 Å². The van der Waals surface area contributed by atoms with Gasteiger partial charge in [-0.15, -0.1) is 0 Å². The lowest BCUT2D eigenvalue weighted by Gasteiger charge is -2.16. The molecular formula is C15H14F3NO3. The molecule has 1 atom stereocenters. The van der Waals surface area contributed by atoms with Crippen LogP contribution >= 0.6 is 0 Å². The van der Waals surface area contributed by atoms with Gasteiger partial charge in [0.15, 0.2) is 17.5 Å².